The summed E-state index contributed by atoms with van der Waals surface area (Å²) in [6, 6.07) is 10.2. The molecule has 22 heavy (non-hydrogen) atoms. The van der Waals surface area contributed by atoms with Crippen LogP contribution in [0.15, 0.2) is 42.9 Å². The topological polar surface area (TPSA) is 57.7 Å². The van der Waals surface area contributed by atoms with Gasteiger partial charge in [-0.15, -0.1) is 0 Å². The zero-order valence-electron chi connectivity index (χ0n) is 12.4. The molecule has 1 fully saturated rings. The van der Waals surface area contributed by atoms with Crippen molar-refractivity contribution in [1.29, 1.82) is 0 Å². The van der Waals surface area contributed by atoms with Crippen LogP contribution < -0.4 is 0 Å². The molecule has 1 aliphatic heterocycles. The summed E-state index contributed by atoms with van der Waals surface area (Å²) < 4.78 is 0. The number of imidazole rings is 1. The summed E-state index contributed by atoms with van der Waals surface area (Å²) in [5.74, 6) is 1.55. The standard InChI is InChI=1S/C17H19N5/c1-2-6-16-15(5-1)20-17(21-16)11-22-9-3-4-13(10-22)14-7-8-18-12-19-14/h1-2,5-8,12-13H,3-4,9-11H2,(H,20,21). The fourth-order valence-corrected chi connectivity index (χ4v) is 3.28. The van der Waals surface area contributed by atoms with E-state index in [1.807, 2.05) is 24.4 Å². The maximum atomic E-state index is 4.68. The highest BCUT2D eigenvalue weighted by atomic mass is 15.2. The minimum Gasteiger partial charge on any atom is -0.341 e. The minimum atomic E-state index is 0.501. The van der Waals surface area contributed by atoms with Crippen LogP contribution in [-0.2, 0) is 6.54 Å². The summed E-state index contributed by atoms with van der Waals surface area (Å²) in [5, 5.41) is 0. The molecule has 0 spiro atoms. The van der Waals surface area contributed by atoms with Crippen LogP contribution in [-0.4, -0.2) is 37.9 Å². The monoisotopic (exact) mass is 293 g/mol. The summed E-state index contributed by atoms with van der Waals surface area (Å²) in [4.78, 5) is 19.0. The third-order valence-corrected chi connectivity index (χ3v) is 4.34. The van der Waals surface area contributed by atoms with Crippen LogP contribution in [0.25, 0.3) is 11.0 Å². The Bertz CT molecular complexity index is 719. The number of aromatic nitrogens is 4. The molecular formula is C17H19N5. The van der Waals surface area contributed by atoms with Crippen LogP contribution >= 0.6 is 0 Å². The summed E-state index contributed by atoms with van der Waals surface area (Å²) in [6.07, 6.45) is 5.89. The molecule has 5 nitrogen and oxygen atoms in total. The quantitative estimate of drug-likeness (QED) is 0.806. The van der Waals surface area contributed by atoms with Gasteiger partial charge in [0.1, 0.15) is 12.2 Å². The Kier molecular flexibility index (Phi) is 3.56. The Balaban J connectivity index is 1.48. The number of likely N-dealkylation sites (tertiary alicyclic amines) is 1. The molecule has 1 atom stereocenters. The van der Waals surface area contributed by atoms with Crippen LogP contribution in [0.4, 0.5) is 0 Å². The first-order chi connectivity index (χ1) is 10.9. The Labute approximate surface area is 129 Å². The Morgan fingerprint density at radius 1 is 1.23 bits per heavy atom. The van der Waals surface area contributed by atoms with Gasteiger partial charge in [-0.25, -0.2) is 15.0 Å². The number of benzene rings is 1. The van der Waals surface area contributed by atoms with E-state index in [1.54, 1.807) is 6.33 Å². The van der Waals surface area contributed by atoms with Gasteiger partial charge in [-0.2, -0.15) is 0 Å². The van der Waals surface area contributed by atoms with Crippen molar-refractivity contribution in [2.24, 2.45) is 0 Å². The number of piperidine rings is 1. The minimum absolute atomic E-state index is 0.501. The van der Waals surface area contributed by atoms with Gasteiger partial charge in [0, 0.05) is 24.4 Å². The van der Waals surface area contributed by atoms with Crippen LogP contribution in [0.1, 0.15) is 30.3 Å². The highest BCUT2D eigenvalue weighted by Crippen LogP contribution is 2.26. The molecular weight excluding hydrogens is 274 g/mol. The first-order valence-electron chi connectivity index (χ1n) is 7.80. The van der Waals surface area contributed by atoms with Gasteiger partial charge in [0.05, 0.1) is 17.6 Å². The number of nitrogens with zero attached hydrogens (tertiary/aromatic N) is 4. The Morgan fingerprint density at radius 3 is 3.05 bits per heavy atom. The molecule has 3 aromatic rings. The molecule has 1 aliphatic rings. The third kappa shape index (κ3) is 2.72. The summed E-state index contributed by atoms with van der Waals surface area (Å²) in [5.41, 5.74) is 3.31. The van der Waals surface area contributed by atoms with Crippen LogP contribution in [0.3, 0.4) is 0 Å². The normalized spacial score (nSPS) is 19.5. The van der Waals surface area contributed by atoms with Crippen molar-refractivity contribution < 1.29 is 0 Å². The molecule has 5 heteroatoms. The number of aromatic amines is 1. The van der Waals surface area contributed by atoms with E-state index in [0.29, 0.717) is 5.92 Å². The fourth-order valence-electron chi connectivity index (χ4n) is 3.28. The van der Waals surface area contributed by atoms with E-state index in [0.717, 1.165) is 42.2 Å². The molecule has 0 aliphatic carbocycles. The number of hydrogen-bond acceptors (Lipinski definition) is 4. The Hall–Kier alpha value is -2.27. The zero-order chi connectivity index (χ0) is 14.8. The number of H-pyrrole nitrogens is 1. The number of rotatable bonds is 3. The van der Waals surface area contributed by atoms with Gasteiger partial charge in [-0.1, -0.05) is 12.1 Å². The summed E-state index contributed by atoms with van der Waals surface area (Å²) >= 11 is 0. The van der Waals surface area contributed by atoms with Crippen LogP contribution in [0, 0.1) is 0 Å². The highest BCUT2D eigenvalue weighted by molar-refractivity contribution is 5.74. The van der Waals surface area contributed by atoms with Crippen molar-refractivity contribution in [3.05, 3.63) is 54.4 Å². The van der Waals surface area contributed by atoms with Crippen LogP contribution in [0.5, 0.6) is 0 Å². The molecule has 1 saturated heterocycles. The maximum Gasteiger partial charge on any atom is 0.121 e. The smallest absolute Gasteiger partial charge is 0.121 e. The van der Waals surface area contributed by atoms with E-state index < -0.39 is 0 Å². The van der Waals surface area contributed by atoms with Crippen molar-refractivity contribution in [3.63, 3.8) is 0 Å². The SMILES string of the molecule is c1ccc2[nH]c(CN3CCCC(c4ccncn4)C3)nc2c1. The molecule has 1 unspecified atom stereocenters. The van der Waals surface area contributed by atoms with Crippen LogP contribution in [0.2, 0.25) is 0 Å². The van der Waals surface area contributed by atoms with Gasteiger partial charge < -0.3 is 4.98 Å². The van der Waals surface area contributed by atoms with Crippen molar-refractivity contribution in [1.82, 2.24) is 24.8 Å². The lowest BCUT2D eigenvalue weighted by Gasteiger charge is -2.31. The van der Waals surface area contributed by atoms with E-state index >= 15 is 0 Å². The second-order valence-electron chi connectivity index (χ2n) is 5.91. The van der Waals surface area contributed by atoms with E-state index in [9.17, 15) is 0 Å². The van der Waals surface area contributed by atoms with Crippen molar-refractivity contribution in [2.75, 3.05) is 13.1 Å². The van der Waals surface area contributed by atoms with E-state index in [1.165, 1.54) is 12.8 Å². The largest absolute Gasteiger partial charge is 0.341 e. The summed E-state index contributed by atoms with van der Waals surface area (Å²) in [7, 11) is 0. The van der Waals surface area contributed by atoms with Gasteiger partial charge in [0.15, 0.2) is 0 Å². The first-order valence-corrected chi connectivity index (χ1v) is 7.80. The van der Waals surface area contributed by atoms with Crippen molar-refractivity contribution in [3.8, 4) is 0 Å². The lowest BCUT2D eigenvalue weighted by atomic mass is 9.94. The Morgan fingerprint density at radius 2 is 2.18 bits per heavy atom. The molecule has 2 aromatic heterocycles. The lowest BCUT2D eigenvalue weighted by Crippen LogP contribution is -2.34. The second-order valence-corrected chi connectivity index (χ2v) is 5.91. The van der Waals surface area contributed by atoms with E-state index in [4.69, 9.17) is 0 Å². The second kappa shape index (κ2) is 5.85. The van der Waals surface area contributed by atoms with Gasteiger partial charge >= 0.3 is 0 Å². The molecule has 1 N–H and O–H groups in total. The molecule has 0 radical (unpaired) electrons. The molecule has 1 aromatic carbocycles. The van der Waals surface area contributed by atoms with Gasteiger partial charge in [0.2, 0.25) is 0 Å². The predicted molar refractivity (Wildman–Crippen MR) is 85.4 cm³/mol. The number of nitrogens with one attached hydrogen (secondary N) is 1. The first kappa shape index (κ1) is 13.4. The molecule has 4 rings (SSSR count). The van der Waals surface area contributed by atoms with E-state index in [-0.39, 0.29) is 0 Å². The highest BCUT2D eigenvalue weighted by Gasteiger charge is 2.22. The number of para-hydroxylation sites is 2. The number of hydrogen-bond donors (Lipinski definition) is 1. The predicted octanol–water partition coefficient (Wildman–Crippen LogP) is 2.73. The third-order valence-electron chi connectivity index (χ3n) is 4.34. The van der Waals surface area contributed by atoms with E-state index in [2.05, 4.69) is 37.0 Å². The van der Waals surface area contributed by atoms with Crippen molar-refractivity contribution >= 4 is 11.0 Å². The van der Waals surface area contributed by atoms with Gasteiger partial charge in [0.25, 0.3) is 0 Å². The number of fused-ring (bicyclic) bond motifs is 1. The summed E-state index contributed by atoms with van der Waals surface area (Å²) in [6.45, 7) is 3.03. The lowest BCUT2D eigenvalue weighted by molar-refractivity contribution is 0.195. The van der Waals surface area contributed by atoms with Gasteiger partial charge in [-0.05, 0) is 37.6 Å². The van der Waals surface area contributed by atoms with Gasteiger partial charge in [-0.3, -0.25) is 4.90 Å². The fraction of sp³-hybridized carbons (Fsp3) is 0.353. The molecule has 0 saturated carbocycles. The molecule has 0 amide bonds. The molecule has 3 heterocycles. The maximum absolute atomic E-state index is 4.68. The zero-order valence-corrected chi connectivity index (χ0v) is 12.4. The molecule has 0 bridgehead atoms. The average Bonchev–Trinajstić information content (AvgIpc) is 2.98. The van der Waals surface area contributed by atoms with Crippen molar-refractivity contribution in [2.45, 2.75) is 25.3 Å². The average molecular weight is 293 g/mol. The molecule has 112 valence electrons.